The number of rotatable bonds is 1. The summed E-state index contributed by atoms with van der Waals surface area (Å²) < 4.78 is 5.24. The highest BCUT2D eigenvalue weighted by Gasteiger charge is 2.29. The van der Waals surface area contributed by atoms with E-state index >= 15 is 0 Å². The van der Waals surface area contributed by atoms with Crippen LogP contribution in [-0.2, 0) is 0 Å². The number of hydrogen-bond acceptors (Lipinski definition) is 3. The van der Waals surface area contributed by atoms with Crippen molar-refractivity contribution in [3.63, 3.8) is 0 Å². The topological polar surface area (TPSA) is 52.3 Å². The van der Waals surface area contributed by atoms with E-state index in [0.717, 1.165) is 11.1 Å². The molecule has 0 amide bonds. The van der Waals surface area contributed by atoms with Crippen molar-refractivity contribution in [3.05, 3.63) is 47.5 Å². The van der Waals surface area contributed by atoms with Gasteiger partial charge in [0.25, 0.3) is 0 Å². The first-order valence-corrected chi connectivity index (χ1v) is 5.34. The molecule has 84 valence electrons. The number of hydrogen-bond donors (Lipinski definition) is 1. The van der Waals surface area contributed by atoms with E-state index in [0.29, 0.717) is 22.6 Å². The standard InChI is InChI=1S/C14H11NO2/c1-17-12-4-2-3-10-9-6-5-8(15)7-11(9)14(16)13(10)12/h2-7H,15H2,1H3. The molecule has 0 saturated carbocycles. The molecule has 0 bridgehead atoms. The Balaban J connectivity index is 2.34. The third kappa shape index (κ3) is 1.25. The summed E-state index contributed by atoms with van der Waals surface area (Å²) in [4.78, 5) is 12.3. The van der Waals surface area contributed by atoms with Crippen LogP contribution in [0.4, 0.5) is 5.69 Å². The molecule has 2 N–H and O–H groups in total. The van der Waals surface area contributed by atoms with Crippen molar-refractivity contribution in [3.8, 4) is 16.9 Å². The number of anilines is 1. The second kappa shape index (κ2) is 3.35. The molecule has 0 spiro atoms. The van der Waals surface area contributed by atoms with Crippen LogP contribution in [0.15, 0.2) is 36.4 Å². The maximum atomic E-state index is 12.3. The van der Waals surface area contributed by atoms with E-state index in [1.807, 2.05) is 18.2 Å². The molecule has 0 fully saturated rings. The lowest BCUT2D eigenvalue weighted by atomic mass is 10.1. The predicted octanol–water partition coefficient (Wildman–Crippen LogP) is 2.49. The molecule has 0 radical (unpaired) electrons. The van der Waals surface area contributed by atoms with Crippen molar-refractivity contribution in [2.24, 2.45) is 0 Å². The fourth-order valence-corrected chi connectivity index (χ4v) is 2.28. The van der Waals surface area contributed by atoms with Gasteiger partial charge in [-0.15, -0.1) is 0 Å². The average Bonchev–Trinajstić information content (AvgIpc) is 2.63. The number of methoxy groups -OCH3 is 1. The molecule has 0 atom stereocenters. The summed E-state index contributed by atoms with van der Waals surface area (Å²) in [5, 5.41) is 0. The fraction of sp³-hybridized carbons (Fsp3) is 0.0714. The average molecular weight is 225 g/mol. The van der Waals surface area contributed by atoms with E-state index in [-0.39, 0.29) is 5.78 Å². The lowest BCUT2D eigenvalue weighted by Gasteiger charge is -2.04. The summed E-state index contributed by atoms with van der Waals surface area (Å²) in [5.41, 5.74) is 9.46. The first kappa shape index (κ1) is 9.90. The van der Waals surface area contributed by atoms with Gasteiger partial charge >= 0.3 is 0 Å². The Morgan fingerprint density at radius 3 is 2.65 bits per heavy atom. The Morgan fingerprint density at radius 2 is 1.88 bits per heavy atom. The van der Waals surface area contributed by atoms with Crippen LogP contribution in [0.3, 0.4) is 0 Å². The van der Waals surface area contributed by atoms with Crippen LogP contribution in [0.25, 0.3) is 11.1 Å². The zero-order valence-electron chi connectivity index (χ0n) is 9.36. The zero-order valence-corrected chi connectivity index (χ0v) is 9.36. The molecule has 3 rings (SSSR count). The number of fused-ring (bicyclic) bond motifs is 3. The SMILES string of the molecule is COc1cccc2c1C(=O)c1cc(N)ccc1-2. The highest BCUT2D eigenvalue weighted by atomic mass is 16.5. The normalized spacial score (nSPS) is 12.2. The Bertz CT molecular complexity index is 632. The molecule has 3 nitrogen and oxygen atoms in total. The summed E-state index contributed by atoms with van der Waals surface area (Å²) in [5.74, 6) is 0.599. The molecule has 0 heterocycles. The van der Waals surface area contributed by atoms with Crippen molar-refractivity contribution < 1.29 is 9.53 Å². The second-order valence-electron chi connectivity index (χ2n) is 4.02. The van der Waals surface area contributed by atoms with Gasteiger partial charge in [-0.2, -0.15) is 0 Å². The van der Waals surface area contributed by atoms with E-state index in [1.165, 1.54) is 0 Å². The Kier molecular flexibility index (Phi) is 1.95. The van der Waals surface area contributed by atoms with Crippen LogP contribution in [-0.4, -0.2) is 12.9 Å². The van der Waals surface area contributed by atoms with Crippen LogP contribution in [0, 0.1) is 0 Å². The Morgan fingerprint density at radius 1 is 1.06 bits per heavy atom. The summed E-state index contributed by atoms with van der Waals surface area (Å²) >= 11 is 0. The third-order valence-corrected chi connectivity index (χ3v) is 3.05. The summed E-state index contributed by atoms with van der Waals surface area (Å²) in [6.07, 6.45) is 0. The van der Waals surface area contributed by atoms with Crippen LogP contribution < -0.4 is 10.5 Å². The van der Waals surface area contributed by atoms with Crippen molar-refractivity contribution in [2.45, 2.75) is 0 Å². The van der Waals surface area contributed by atoms with Gasteiger partial charge in [-0.3, -0.25) is 4.79 Å². The molecule has 3 heteroatoms. The minimum Gasteiger partial charge on any atom is -0.496 e. The summed E-state index contributed by atoms with van der Waals surface area (Å²) in [6, 6.07) is 11.0. The van der Waals surface area contributed by atoms with E-state index in [4.69, 9.17) is 10.5 Å². The number of ketones is 1. The van der Waals surface area contributed by atoms with Crippen molar-refractivity contribution in [1.29, 1.82) is 0 Å². The minimum absolute atomic E-state index is 0.0141. The van der Waals surface area contributed by atoms with Crippen LogP contribution in [0.5, 0.6) is 5.75 Å². The van der Waals surface area contributed by atoms with E-state index in [9.17, 15) is 4.79 Å². The van der Waals surface area contributed by atoms with Crippen molar-refractivity contribution in [1.82, 2.24) is 0 Å². The van der Waals surface area contributed by atoms with Gasteiger partial charge < -0.3 is 10.5 Å². The van der Waals surface area contributed by atoms with Crippen molar-refractivity contribution >= 4 is 11.5 Å². The van der Waals surface area contributed by atoms with Gasteiger partial charge in [-0.1, -0.05) is 18.2 Å². The van der Waals surface area contributed by atoms with Gasteiger partial charge in [-0.25, -0.2) is 0 Å². The molecule has 0 aromatic heterocycles. The zero-order chi connectivity index (χ0) is 12.0. The predicted molar refractivity (Wildman–Crippen MR) is 66.3 cm³/mol. The van der Waals surface area contributed by atoms with Gasteiger partial charge in [0.05, 0.1) is 12.7 Å². The Labute approximate surface area is 98.8 Å². The molecule has 17 heavy (non-hydrogen) atoms. The van der Waals surface area contributed by atoms with Crippen LogP contribution >= 0.6 is 0 Å². The number of nitrogens with two attached hydrogens (primary N) is 1. The molecule has 1 aliphatic rings. The largest absolute Gasteiger partial charge is 0.496 e. The smallest absolute Gasteiger partial charge is 0.198 e. The second-order valence-corrected chi connectivity index (χ2v) is 4.02. The molecule has 2 aromatic carbocycles. The minimum atomic E-state index is -0.0141. The maximum absolute atomic E-state index is 12.3. The molecule has 1 aliphatic carbocycles. The molecule has 0 saturated heterocycles. The highest BCUT2D eigenvalue weighted by molar-refractivity contribution is 6.23. The lowest BCUT2D eigenvalue weighted by molar-refractivity contribution is 0.104. The van der Waals surface area contributed by atoms with E-state index < -0.39 is 0 Å². The number of ether oxygens (including phenoxy) is 1. The number of carbonyl (C=O) groups excluding carboxylic acids is 1. The molecular weight excluding hydrogens is 214 g/mol. The van der Waals surface area contributed by atoms with Gasteiger partial charge in [0, 0.05) is 11.3 Å². The number of carbonyl (C=O) groups is 1. The highest BCUT2D eigenvalue weighted by Crippen LogP contribution is 2.41. The Hall–Kier alpha value is -2.29. The first-order chi connectivity index (χ1) is 8.22. The number of nitrogen functional groups attached to an aromatic ring is 1. The van der Waals surface area contributed by atoms with E-state index in [1.54, 1.807) is 25.3 Å². The summed E-state index contributed by atoms with van der Waals surface area (Å²) in [6.45, 7) is 0. The molecule has 0 aliphatic heterocycles. The monoisotopic (exact) mass is 225 g/mol. The van der Waals surface area contributed by atoms with E-state index in [2.05, 4.69) is 0 Å². The van der Waals surface area contributed by atoms with Gasteiger partial charge in [0.1, 0.15) is 5.75 Å². The van der Waals surface area contributed by atoms with Crippen LogP contribution in [0.2, 0.25) is 0 Å². The fourth-order valence-electron chi connectivity index (χ4n) is 2.28. The lowest BCUT2D eigenvalue weighted by Crippen LogP contribution is -1.99. The van der Waals surface area contributed by atoms with Crippen LogP contribution in [0.1, 0.15) is 15.9 Å². The van der Waals surface area contributed by atoms with Gasteiger partial charge in [0.2, 0.25) is 0 Å². The molecule has 0 unspecified atom stereocenters. The molecular formula is C14H11NO2. The molecule has 2 aromatic rings. The maximum Gasteiger partial charge on any atom is 0.198 e. The first-order valence-electron chi connectivity index (χ1n) is 5.34. The van der Waals surface area contributed by atoms with Gasteiger partial charge in [0.15, 0.2) is 5.78 Å². The third-order valence-electron chi connectivity index (χ3n) is 3.05. The number of benzene rings is 2. The van der Waals surface area contributed by atoms with Crippen molar-refractivity contribution in [2.75, 3.05) is 12.8 Å². The summed E-state index contributed by atoms with van der Waals surface area (Å²) in [7, 11) is 1.57. The quantitative estimate of drug-likeness (QED) is 0.647. The van der Waals surface area contributed by atoms with Gasteiger partial charge in [-0.05, 0) is 29.3 Å².